The first-order valence-electron chi connectivity index (χ1n) is 5.67. The van der Waals surface area contributed by atoms with Crippen LogP contribution < -0.4 is 10.2 Å². The molecular weight excluding hydrogens is 232 g/mol. The van der Waals surface area contributed by atoms with Crippen molar-refractivity contribution in [1.29, 1.82) is 0 Å². The summed E-state index contributed by atoms with van der Waals surface area (Å²) in [5.74, 6) is -1.35. The normalized spacial score (nSPS) is 9.94. The van der Waals surface area contributed by atoms with Crippen molar-refractivity contribution in [3.05, 3.63) is 29.3 Å². The average Bonchev–Trinajstić information content (AvgIpc) is 2.26. The minimum absolute atomic E-state index is 0.136. The Morgan fingerprint density at radius 1 is 1.33 bits per heavy atom. The van der Waals surface area contributed by atoms with E-state index in [0.29, 0.717) is 0 Å². The third-order valence-corrected chi connectivity index (χ3v) is 2.58. The van der Waals surface area contributed by atoms with Crippen LogP contribution in [0, 0.1) is 13.8 Å². The Bertz CT molecular complexity index is 458. The van der Waals surface area contributed by atoms with Gasteiger partial charge in [-0.15, -0.1) is 0 Å². The van der Waals surface area contributed by atoms with Crippen LogP contribution >= 0.6 is 0 Å². The molecule has 1 amide bonds. The lowest BCUT2D eigenvalue weighted by atomic mass is 10.1. The van der Waals surface area contributed by atoms with Crippen molar-refractivity contribution in [3.63, 3.8) is 0 Å². The molecule has 1 aromatic carbocycles. The monoisotopic (exact) mass is 250 g/mol. The number of aliphatic carboxylic acids is 1. The summed E-state index contributed by atoms with van der Waals surface area (Å²) >= 11 is 0. The zero-order chi connectivity index (χ0) is 13.7. The summed E-state index contributed by atoms with van der Waals surface area (Å²) in [6, 6.07) is 5.98. The maximum Gasteiger partial charge on any atom is 0.322 e. The molecule has 0 aromatic heterocycles. The highest BCUT2D eigenvalue weighted by Crippen LogP contribution is 2.19. The maximum absolute atomic E-state index is 11.5. The molecule has 98 valence electrons. The minimum Gasteiger partial charge on any atom is -0.480 e. The van der Waals surface area contributed by atoms with E-state index in [4.69, 9.17) is 5.11 Å². The topological polar surface area (TPSA) is 69.6 Å². The van der Waals surface area contributed by atoms with Crippen molar-refractivity contribution in [2.45, 2.75) is 13.8 Å². The Balaban J connectivity index is 2.62. The SMILES string of the molecule is Cc1ccc(N(C)CC(=O)NCC(=O)O)c(C)c1. The largest absolute Gasteiger partial charge is 0.480 e. The molecule has 2 N–H and O–H groups in total. The van der Waals surface area contributed by atoms with Crippen LogP contribution in [0.25, 0.3) is 0 Å². The van der Waals surface area contributed by atoms with Gasteiger partial charge in [0.1, 0.15) is 6.54 Å². The zero-order valence-corrected chi connectivity index (χ0v) is 10.9. The first-order chi connectivity index (χ1) is 8.40. The molecule has 0 unspecified atom stereocenters. The fourth-order valence-corrected chi connectivity index (χ4v) is 1.76. The molecule has 0 saturated heterocycles. The van der Waals surface area contributed by atoms with E-state index in [-0.39, 0.29) is 19.0 Å². The fraction of sp³-hybridized carbons (Fsp3) is 0.385. The van der Waals surface area contributed by atoms with Crippen molar-refractivity contribution < 1.29 is 14.7 Å². The van der Waals surface area contributed by atoms with Crippen molar-refractivity contribution in [2.75, 3.05) is 25.0 Å². The zero-order valence-electron chi connectivity index (χ0n) is 10.9. The highest BCUT2D eigenvalue weighted by Gasteiger charge is 2.10. The summed E-state index contributed by atoms with van der Waals surface area (Å²) in [7, 11) is 1.80. The summed E-state index contributed by atoms with van der Waals surface area (Å²) in [6.07, 6.45) is 0. The molecule has 5 nitrogen and oxygen atoms in total. The predicted octanol–water partition coefficient (Wildman–Crippen LogP) is 0.940. The van der Waals surface area contributed by atoms with E-state index in [2.05, 4.69) is 5.32 Å². The van der Waals surface area contributed by atoms with Crippen LogP contribution in [-0.4, -0.2) is 37.1 Å². The quantitative estimate of drug-likeness (QED) is 0.816. The molecule has 0 heterocycles. The summed E-state index contributed by atoms with van der Waals surface area (Å²) in [6.45, 7) is 3.78. The van der Waals surface area contributed by atoms with Crippen LogP contribution in [-0.2, 0) is 9.59 Å². The number of carboxylic acid groups (broad SMARTS) is 1. The molecule has 0 saturated carbocycles. The summed E-state index contributed by atoms with van der Waals surface area (Å²) in [5.41, 5.74) is 3.22. The van der Waals surface area contributed by atoms with Crippen LogP contribution in [0.15, 0.2) is 18.2 Å². The molecule has 18 heavy (non-hydrogen) atoms. The third-order valence-electron chi connectivity index (χ3n) is 2.58. The smallest absolute Gasteiger partial charge is 0.322 e. The number of carbonyl (C=O) groups excluding carboxylic acids is 1. The van der Waals surface area contributed by atoms with Crippen LogP contribution in [0.4, 0.5) is 5.69 Å². The second kappa shape index (κ2) is 6.05. The van der Waals surface area contributed by atoms with Crippen molar-refractivity contribution in [1.82, 2.24) is 5.32 Å². The summed E-state index contributed by atoms with van der Waals surface area (Å²) < 4.78 is 0. The first-order valence-corrected chi connectivity index (χ1v) is 5.67. The molecule has 0 bridgehead atoms. The number of likely N-dealkylation sites (N-methyl/N-ethyl adjacent to an activating group) is 1. The second-order valence-electron chi connectivity index (χ2n) is 4.32. The Morgan fingerprint density at radius 3 is 2.56 bits per heavy atom. The first kappa shape index (κ1) is 14.0. The van der Waals surface area contributed by atoms with Gasteiger partial charge in [-0.1, -0.05) is 17.7 Å². The molecule has 0 aliphatic carbocycles. The van der Waals surface area contributed by atoms with Gasteiger partial charge in [0.25, 0.3) is 0 Å². The lowest BCUT2D eigenvalue weighted by Crippen LogP contribution is -2.37. The number of amides is 1. The molecule has 5 heteroatoms. The van der Waals surface area contributed by atoms with E-state index in [1.165, 1.54) is 5.56 Å². The van der Waals surface area contributed by atoms with Gasteiger partial charge in [0.05, 0.1) is 6.54 Å². The molecule has 1 aromatic rings. The van der Waals surface area contributed by atoms with Gasteiger partial charge in [-0.2, -0.15) is 0 Å². The minimum atomic E-state index is -1.04. The molecule has 1 rings (SSSR count). The van der Waals surface area contributed by atoms with E-state index >= 15 is 0 Å². The van der Waals surface area contributed by atoms with Crippen LogP contribution in [0.5, 0.6) is 0 Å². The van der Waals surface area contributed by atoms with Crippen molar-refractivity contribution >= 4 is 17.6 Å². The molecule has 0 aliphatic rings. The summed E-state index contributed by atoms with van der Waals surface area (Å²) in [5, 5.41) is 10.8. The summed E-state index contributed by atoms with van der Waals surface area (Å²) in [4.78, 5) is 23.6. The lowest BCUT2D eigenvalue weighted by Gasteiger charge is -2.21. The molecule has 0 fully saturated rings. The van der Waals surface area contributed by atoms with Crippen LogP contribution in [0.2, 0.25) is 0 Å². The van der Waals surface area contributed by atoms with Crippen molar-refractivity contribution in [2.24, 2.45) is 0 Å². The number of carbonyl (C=O) groups is 2. The van der Waals surface area contributed by atoms with E-state index < -0.39 is 5.97 Å². The number of benzene rings is 1. The molecule has 0 radical (unpaired) electrons. The number of hydrogen-bond acceptors (Lipinski definition) is 3. The molecular formula is C13H18N2O3. The van der Waals surface area contributed by atoms with E-state index in [0.717, 1.165) is 11.3 Å². The van der Waals surface area contributed by atoms with Gasteiger partial charge in [0.2, 0.25) is 5.91 Å². The van der Waals surface area contributed by atoms with Crippen LogP contribution in [0.1, 0.15) is 11.1 Å². The number of nitrogens with zero attached hydrogens (tertiary/aromatic N) is 1. The lowest BCUT2D eigenvalue weighted by molar-refractivity contribution is -0.137. The van der Waals surface area contributed by atoms with Gasteiger partial charge in [-0.25, -0.2) is 0 Å². The Kier molecular flexibility index (Phi) is 4.71. The number of carboxylic acids is 1. The average molecular weight is 250 g/mol. The van der Waals surface area contributed by atoms with Gasteiger partial charge in [-0.3, -0.25) is 9.59 Å². The highest BCUT2D eigenvalue weighted by molar-refractivity contribution is 5.84. The number of rotatable bonds is 5. The second-order valence-corrected chi connectivity index (χ2v) is 4.32. The van der Waals surface area contributed by atoms with Gasteiger partial charge in [0, 0.05) is 12.7 Å². The standard InChI is InChI=1S/C13H18N2O3/c1-9-4-5-11(10(2)6-9)15(3)8-12(16)14-7-13(17)18/h4-6H,7-8H2,1-3H3,(H,14,16)(H,17,18). The van der Waals surface area contributed by atoms with E-state index in [1.807, 2.05) is 32.0 Å². The number of nitrogens with one attached hydrogen (secondary N) is 1. The predicted molar refractivity (Wildman–Crippen MR) is 69.8 cm³/mol. The van der Waals surface area contributed by atoms with Gasteiger partial charge in [-0.05, 0) is 25.5 Å². The van der Waals surface area contributed by atoms with E-state index in [1.54, 1.807) is 11.9 Å². The Morgan fingerprint density at radius 2 is 2.00 bits per heavy atom. The van der Waals surface area contributed by atoms with Gasteiger partial charge in [0.15, 0.2) is 0 Å². The van der Waals surface area contributed by atoms with Crippen molar-refractivity contribution in [3.8, 4) is 0 Å². The Hall–Kier alpha value is -2.04. The third kappa shape index (κ3) is 4.08. The number of hydrogen-bond donors (Lipinski definition) is 2. The number of anilines is 1. The Labute approximate surface area is 106 Å². The van der Waals surface area contributed by atoms with E-state index in [9.17, 15) is 9.59 Å². The van der Waals surface area contributed by atoms with Gasteiger partial charge >= 0.3 is 5.97 Å². The molecule has 0 atom stereocenters. The molecule has 0 spiro atoms. The number of aryl methyl sites for hydroxylation is 2. The maximum atomic E-state index is 11.5. The molecule has 0 aliphatic heterocycles. The highest BCUT2D eigenvalue weighted by atomic mass is 16.4. The fourth-order valence-electron chi connectivity index (χ4n) is 1.76. The van der Waals surface area contributed by atoms with Gasteiger partial charge < -0.3 is 15.3 Å². The van der Waals surface area contributed by atoms with Crippen LogP contribution in [0.3, 0.4) is 0 Å².